The predicted octanol–water partition coefficient (Wildman–Crippen LogP) is 4.67. The Hall–Kier alpha value is -3.23. The Morgan fingerprint density at radius 2 is 1.68 bits per heavy atom. The summed E-state index contributed by atoms with van der Waals surface area (Å²) < 4.78 is 42.6. The van der Waals surface area contributed by atoms with Crippen LogP contribution in [0, 0.1) is 11.2 Å². The lowest BCUT2D eigenvalue weighted by Crippen LogP contribution is -2.45. The Morgan fingerprint density at radius 3 is 2.35 bits per heavy atom. The normalized spacial score (nSPS) is 20.2. The van der Waals surface area contributed by atoms with Gasteiger partial charge in [0.2, 0.25) is 10.0 Å². The fraction of sp³-hybridized carbons (Fsp3) is 0.269. The van der Waals surface area contributed by atoms with Gasteiger partial charge in [-0.15, -0.1) is 0 Å². The molecule has 3 aromatic carbocycles. The van der Waals surface area contributed by atoms with Crippen LogP contribution >= 0.6 is 0 Å². The molecule has 1 aliphatic heterocycles. The molecule has 1 N–H and O–H groups in total. The number of benzene rings is 3. The van der Waals surface area contributed by atoms with E-state index in [1.54, 1.807) is 23.0 Å². The van der Waals surface area contributed by atoms with Crippen LogP contribution in [0.15, 0.2) is 79.0 Å². The molecule has 0 unspecified atom stereocenters. The number of halogens is 1. The average Bonchev–Trinajstić information content (AvgIpc) is 3.32. The first-order valence-corrected chi connectivity index (χ1v) is 13.0. The Balaban J connectivity index is 1.58. The molecule has 176 valence electrons. The third-order valence-electron chi connectivity index (χ3n) is 6.51. The van der Waals surface area contributed by atoms with E-state index < -0.39 is 10.0 Å². The monoisotopic (exact) mass is 478 g/mol. The summed E-state index contributed by atoms with van der Waals surface area (Å²) in [5, 5.41) is 5.47. The van der Waals surface area contributed by atoms with Gasteiger partial charge in [-0.25, -0.2) is 22.2 Å². The van der Waals surface area contributed by atoms with E-state index in [0.717, 1.165) is 27.8 Å². The second kappa shape index (κ2) is 8.21. The van der Waals surface area contributed by atoms with E-state index in [9.17, 15) is 12.8 Å². The van der Waals surface area contributed by atoms with Gasteiger partial charge in [0.25, 0.3) is 0 Å². The highest BCUT2D eigenvalue weighted by Gasteiger charge is 2.48. The number of nitrogens with one attached hydrogen (secondary N) is 1. The second-order valence-corrected chi connectivity index (χ2v) is 11.4. The van der Waals surface area contributed by atoms with Crippen molar-refractivity contribution in [2.24, 2.45) is 5.41 Å². The fourth-order valence-electron chi connectivity index (χ4n) is 4.96. The number of rotatable bonds is 5. The van der Waals surface area contributed by atoms with Crippen molar-refractivity contribution >= 4 is 26.6 Å². The maximum atomic E-state index is 13.4. The van der Waals surface area contributed by atoms with Crippen LogP contribution in [-0.4, -0.2) is 37.0 Å². The van der Waals surface area contributed by atoms with E-state index in [2.05, 4.69) is 34.6 Å². The largest absolute Gasteiger partial charge is 0.362 e. The van der Waals surface area contributed by atoms with Gasteiger partial charge in [0.15, 0.2) is 0 Å². The summed E-state index contributed by atoms with van der Waals surface area (Å²) in [5.41, 5.74) is 3.43. The van der Waals surface area contributed by atoms with E-state index in [-0.39, 0.29) is 23.3 Å². The molecule has 0 bridgehead atoms. The number of nitrogens with zero attached hydrogens (tertiary/aromatic N) is 3. The van der Waals surface area contributed by atoms with E-state index in [4.69, 9.17) is 0 Å². The highest BCUT2D eigenvalue weighted by atomic mass is 32.2. The molecule has 4 aromatic rings. The van der Waals surface area contributed by atoms with Gasteiger partial charge in [-0.2, -0.15) is 5.10 Å². The number of fused-ring (bicyclic) bond motifs is 1. The molecule has 1 aromatic heterocycles. The lowest BCUT2D eigenvalue weighted by molar-refractivity contribution is 0.320. The molecule has 6 nitrogen and oxygen atoms in total. The van der Waals surface area contributed by atoms with E-state index in [0.29, 0.717) is 6.54 Å². The lowest BCUT2D eigenvalue weighted by atomic mass is 9.83. The molecular weight excluding hydrogens is 451 g/mol. The maximum Gasteiger partial charge on any atom is 0.209 e. The Labute approximate surface area is 199 Å². The molecule has 0 spiro atoms. The molecule has 34 heavy (non-hydrogen) atoms. The zero-order valence-electron chi connectivity index (χ0n) is 19.3. The summed E-state index contributed by atoms with van der Waals surface area (Å²) in [7, 11) is -3.41. The molecule has 8 heteroatoms. The van der Waals surface area contributed by atoms with Crippen LogP contribution in [0.1, 0.15) is 25.5 Å². The van der Waals surface area contributed by atoms with Gasteiger partial charge in [0, 0.05) is 23.0 Å². The first kappa shape index (κ1) is 22.6. The third-order valence-corrected chi connectivity index (χ3v) is 7.19. The van der Waals surface area contributed by atoms with Gasteiger partial charge >= 0.3 is 0 Å². The topological polar surface area (TPSA) is 67.2 Å². The lowest BCUT2D eigenvalue weighted by Gasteiger charge is -2.31. The summed E-state index contributed by atoms with van der Waals surface area (Å²) >= 11 is 0. The number of hydrogen-bond acceptors (Lipinski definition) is 4. The SMILES string of the molecule is CC1(C)CN(c2ccc3c(cnn3-c3ccc(F)cc3)c2)[C@H](c2ccccc2)[C@H]1NS(C)(=O)=O. The van der Waals surface area contributed by atoms with Crippen molar-refractivity contribution in [1.82, 2.24) is 14.5 Å². The molecule has 5 rings (SSSR count). The minimum Gasteiger partial charge on any atom is -0.362 e. The van der Waals surface area contributed by atoms with Gasteiger partial charge in [0.1, 0.15) is 5.82 Å². The molecule has 1 saturated heterocycles. The summed E-state index contributed by atoms with van der Waals surface area (Å²) in [4.78, 5) is 2.27. The van der Waals surface area contributed by atoms with Gasteiger partial charge in [-0.1, -0.05) is 44.2 Å². The molecular formula is C26H27FN4O2S. The smallest absolute Gasteiger partial charge is 0.209 e. The minimum atomic E-state index is -3.41. The second-order valence-electron chi connectivity index (χ2n) is 9.62. The van der Waals surface area contributed by atoms with Crippen molar-refractivity contribution in [2.75, 3.05) is 17.7 Å². The summed E-state index contributed by atoms with van der Waals surface area (Å²) in [6, 6.07) is 21.9. The average molecular weight is 479 g/mol. The van der Waals surface area contributed by atoms with E-state index in [1.807, 2.05) is 42.5 Å². The number of sulfonamides is 1. The van der Waals surface area contributed by atoms with Gasteiger partial charge in [-0.05, 0) is 48.0 Å². The van der Waals surface area contributed by atoms with Crippen LogP contribution in [0.2, 0.25) is 0 Å². The fourth-order valence-corrected chi connectivity index (χ4v) is 5.87. The first-order valence-electron chi connectivity index (χ1n) is 11.1. The zero-order chi connectivity index (χ0) is 24.1. The predicted molar refractivity (Wildman–Crippen MR) is 133 cm³/mol. The van der Waals surface area contributed by atoms with Crippen molar-refractivity contribution in [3.05, 3.63) is 90.4 Å². The first-order chi connectivity index (χ1) is 16.1. The van der Waals surface area contributed by atoms with Crippen molar-refractivity contribution < 1.29 is 12.8 Å². The van der Waals surface area contributed by atoms with Crippen LogP contribution in [0.4, 0.5) is 10.1 Å². The molecule has 2 heterocycles. The van der Waals surface area contributed by atoms with Crippen molar-refractivity contribution in [3.63, 3.8) is 0 Å². The van der Waals surface area contributed by atoms with E-state index >= 15 is 0 Å². The summed E-state index contributed by atoms with van der Waals surface area (Å²) in [5.74, 6) is -0.289. The quantitative estimate of drug-likeness (QED) is 0.453. The van der Waals surface area contributed by atoms with Crippen LogP contribution in [0.3, 0.4) is 0 Å². The number of anilines is 1. The number of hydrogen-bond donors (Lipinski definition) is 1. The van der Waals surface area contributed by atoms with Crippen molar-refractivity contribution in [2.45, 2.75) is 25.9 Å². The highest BCUT2D eigenvalue weighted by molar-refractivity contribution is 7.88. The maximum absolute atomic E-state index is 13.4. The molecule has 0 aliphatic carbocycles. The van der Waals surface area contributed by atoms with Crippen molar-refractivity contribution in [3.8, 4) is 5.69 Å². The molecule has 0 saturated carbocycles. The Kier molecular flexibility index (Phi) is 5.45. The minimum absolute atomic E-state index is 0.171. The molecule has 0 amide bonds. The number of aromatic nitrogens is 2. The molecule has 1 fully saturated rings. The van der Waals surface area contributed by atoms with Crippen LogP contribution in [0.5, 0.6) is 0 Å². The van der Waals surface area contributed by atoms with Gasteiger partial charge in [0.05, 0.1) is 35.7 Å². The summed E-state index contributed by atoms with van der Waals surface area (Å²) in [6.45, 7) is 4.87. The van der Waals surface area contributed by atoms with E-state index in [1.165, 1.54) is 18.4 Å². The summed E-state index contributed by atoms with van der Waals surface area (Å²) in [6.07, 6.45) is 3.01. The third kappa shape index (κ3) is 4.19. The highest BCUT2D eigenvalue weighted by Crippen LogP contribution is 2.46. The van der Waals surface area contributed by atoms with Crippen LogP contribution in [-0.2, 0) is 10.0 Å². The molecule has 0 radical (unpaired) electrons. The van der Waals surface area contributed by atoms with Gasteiger partial charge < -0.3 is 4.90 Å². The van der Waals surface area contributed by atoms with Crippen molar-refractivity contribution in [1.29, 1.82) is 0 Å². The zero-order valence-corrected chi connectivity index (χ0v) is 20.1. The molecule has 1 aliphatic rings. The Morgan fingerprint density at radius 1 is 1.00 bits per heavy atom. The molecule has 2 atom stereocenters. The van der Waals surface area contributed by atoms with Crippen LogP contribution in [0.25, 0.3) is 16.6 Å². The van der Waals surface area contributed by atoms with Crippen LogP contribution < -0.4 is 9.62 Å². The Bertz CT molecular complexity index is 1430. The standard InChI is InChI=1S/C26H27FN4O2S/c1-26(2)17-30(24(18-7-5-4-6-8-18)25(26)29-34(3,32)33)22-13-14-23-19(15-22)16-28-31(23)21-11-9-20(27)10-12-21/h4-16,24-25,29H,17H2,1-3H3/t24-,25-/m1/s1. The van der Waals surface area contributed by atoms with Gasteiger partial charge in [-0.3, -0.25) is 0 Å².